The SMILES string of the molecule is C=CC(=O)NCCCCCc1nc2ccccc2n1CCOc1ccc(C(C)C)cc1. The molecule has 0 unspecified atom stereocenters. The fraction of sp³-hybridized carbons (Fsp3) is 0.385. The fourth-order valence-corrected chi connectivity index (χ4v) is 3.64. The van der Waals surface area contributed by atoms with Gasteiger partial charge in [-0.3, -0.25) is 4.79 Å². The molecule has 0 radical (unpaired) electrons. The maximum atomic E-state index is 11.2. The van der Waals surface area contributed by atoms with Gasteiger partial charge in [0.1, 0.15) is 18.2 Å². The van der Waals surface area contributed by atoms with E-state index >= 15 is 0 Å². The normalized spacial score (nSPS) is 11.1. The number of unbranched alkanes of at least 4 members (excludes halogenated alkanes) is 2. The summed E-state index contributed by atoms with van der Waals surface area (Å²) in [5.74, 6) is 2.40. The predicted octanol–water partition coefficient (Wildman–Crippen LogP) is 5.25. The largest absolute Gasteiger partial charge is 0.492 e. The Bertz CT molecular complexity index is 990. The van der Waals surface area contributed by atoms with E-state index in [1.165, 1.54) is 11.6 Å². The molecular weight excluding hydrogens is 386 g/mol. The third kappa shape index (κ3) is 6.45. The molecule has 0 aliphatic rings. The van der Waals surface area contributed by atoms with Crippen molar-refractivity contribution in [3.63, 3.8) is 0 Å². The van der Waals surface area contributed by atoms with E-state index in [1.807, 2.05) is 18.2 Å². The minimum Gasteiger partial charge on any atom is -0.492 e. The third-order valence-electron chi connectivity index (χ3n) is 5.43. The summed E-state index contributed by atoms with van der Waals surface area (Å²) in [7, 11) is 0. The zero-order valence-electron chi connectivity index (χ0n) is 18.6. The second-order valence-corrected chi connectivity index (χ2v) is 8.05. The van der Waals surface area contributed by atoms with Crippen molar-refractivity contribution in [1.29, 1.82) is 0 Å². The lowest BCUT2D eigenvalue weighted by Gasteiger charge is -2.12. The summed E-state index contributed by atoms with van der Waals surface area (Å²) in [5.41, 5.74) is 3.49. The van der Waals surface area contributed by atoms with E-state index in [9.17, 15) is 4.79 Å². The Morgan fingerprint density at radius 2 is 1.90 bits per heavy atom. The van der Waals surface area contributed by atoms with Crippen molar-refractivity contribution in [3.8, 4) is 5.75 Å². The number of fused-ring (bicyclic) bond motifs is 1. The number of benzene rings is 2. The Morgan fingerprint density at radius 1 is 1.13 bits per heavy atom. The number of imidazole rings is 1. The quantitative estimate of drug-likeness (QED) is 0.322. The van der Waals surface area contributed by atoms with Crippen LogP contribution in [-0.2, 0) is 17.8 Å². The molecule has 164 valence electrons. The number of para-hydroxylation sites is 2. The minimum absolute atomic E-state index is 0.111. The molecular formula is C26H33N3O2. The van der Waals surface area contributed by atoms with Crippen LogP contribution in [0.5, 0.6) is 5.75 Å². The van der Waals surface area contributed by atoms with E-state index in [1.54, 1.807) is 0 Å². The monoisotopic (exact) mass is 419 g/mol. The number of hydrogen-bond acceptors (Lipinski definition) is 3. The van der Waals surface area contributed by atoms with Crippen molar-refractivity contribution in [2.75, 3.05) is 13.2 Å². The number of aryl methyl sites for hydroxylation is 1. The molecule has 0 bridgehead atoms. The summed E-state index contributed by atoms with van der Waals surface area (Å²) in [5, 5.41) is 2.82. The first-order valence-electron chi connectivity index (χ1n) is 11.2. The van der Waals surface area contributed by atoms with Crippen LogP contribution < -0.4 is 10.1 Å². The van der Waals surface area contributed by atoms with Crippen LogP contribution in [0.1, 0.15) is 50.4 Å². The van der Waals surface area contributed by atoms with Gasteiger partial charge in [-0.15, -0.1) is 0 Å². The van der Waals surface area contributed by atoms with Gasteiger partial charge in [0.25, 0.3) is 0 Å². The molecule has 1 aromatic heterocycles. The van der Waals surface area contributed by atoms with Crippen molar-refractivity contribution in [2.45, 2.75) is 52.0 Å². The Hall–Kier alpha value is -3.08. The van der Waals surface area contributed by atoms with Crippen LogP contribution in [0.15, 0.2) is 61.2 Å². The van der Waals surface area contributed by atoms with Gasteiger partial charge in [0.2, 0.25) is 5.91 Å². The number of rotatable bonds is 12. The second kappa shape index (κ2) is 11.3. The van der Waals surface area contributed by atoms with Crippen LogP contribution in [0.3, 0.4) is 0 Å². The van der Waals surface area contributed by atoms with Crippen LogP contribution >= 0.6 is 0 Å². The first-order chi connectivity index (χ1) is 15.1. The predicted molar refractivity (Wildman–Crippen MR) is 127 cm³/mol. The molecule has 5 nitrogen and oxygen atoms in total. The van der Waals surface area contributed by atoms with Crippen molar-refractivity contribution >= 4 is 16.9 Å². The average Bonchev–Trinajstić information content (AvgIpc) is 3.13. The zero-order valence-corrected chi connectivity index (χ0v) is 18.6. The molecule has 5 heteroatoms. The van der Waals surface area contributed by atoms with E-state index in [0.29, 0.717) is 19.1 Å². The van der Waals surface area contributed by atoms with Gasteiger partial charge in [-0.2, -0.15) is 0 Å². The summed E-state index contributed by atoms with van der Waals surface area (Å²) in [6.45, 7) is 9.90. The number of aromatic nitrogens is 2. The van der Waals surface area contributed by atoms with Crippen molar-refractivity contribution in [2.24, 2.45) is 0 Å². The van der Waals surface area contributed by atoms with Gasteiger partial charge in [-0.05, 0) is 54.7 Å². The van der Waals surface area contributed by atoms with Crippen LogP contribution in [0.25, 0.3) is 11.0 Å². The van der Waals surface area contributed by atoms with Gasteiger partial charge in [0.15, 0.2) is 0 Å². The molecule has 0 atom stereocenters. The number of carbonyl (C=O) groups excluding carboxylic acids is 1. The summed E-state index contributed by atoms with van der Waals surface area (Å²) in [6.07, 6.45) is 5.25. The highest BCUT2D eigenvalue weighted by Gasteiger charge is 2.10. The van der Waals surface area contributed by atoms with Crippen molar-refractivity contribution < 1.29 is 9.53 Å². The number of nitrogens with one attached hydrogen (secondary N) is 1. The van der Waals surface area contributed by atoms with Crippen LogP contribution in [0.2, 0.25) is 0 Å². The number of hydrogen-bond donors (Lipinski definition) is 1. The Morgan fingerprint density at radius 3 is 2.65 bits per heavy atom. The molecule has 3 rings (SSSR count). The van der Waals surface area contributed by atoms with Crippen molar-refractivity contribution in [3.05, 3.63) is 72.6 Å². The van der Waals surface area contributed by atoms with E-state index in [2.05, 4.69) is 60.6 Å². The molecule has 0 aliphatic carbocycles. The molecule has 1 N–H and O–H groups in total. The lowest BCUT2D eigenvalue weighted by Crippen LogP contribution is -2.21. The standard InChI is InChI=1S/C26H33N3O2/c1-4-26(30)27-17-9-5-6-12-25-28-23-10-7-8-11-24(23)29(25)18-19-31-22-15-13-21(14-16-22)20(2)3/h4,7-8,10-11,13-16,20H,1,5-6,9,12,17-19H2,2-3H3,(H,27,30). The van der Waals surface area contributed by atoms with Gasteiger partial charge >= 0.3 is 0 Å². The first kappa shape index (κ1) is 22.6. The molecule has 3 aromatic rings. The Kier molecular flexibility index (Phi) is 8.27. The molecule has 31 heavy (non-hydrogen) atoms. The average molecular weight is 420 g/mol. The number of ether oxygens (including phenoxy) is 1. The molecule has 1 heterocycles. The molecule has 0 fully saturated rings. The van der Waals surface area contributed by atoms with Crippen LogP contribution in [0.4, 0.5) is 0 Å². The summed E-state index contributed by atoms with van der Waals surface area (Å²) in [6, 6.07) is 16.6. The van der Waals surface area contributed by atoms with Gasteiger partial charge in [-0.25, -0.2) is 4.98 Å². The number of amides is 1. The van der Waals surface area contributed by atoms with E-state index < -0.39 is 0 Å². The van der Waals surface area contributed by atoms with Crippen LogP contribution in [-0.4, -0.2) is 28.6 Å². The van der Waals surface area contributed by atoms with Crippen molar-refractivity contribution in [1.82, 2.24) is 14.9 Å². The highest BCUT2D eigenvalue weighted by atomic mass is 16.5. The Labute approximate surface area is 185 Å². The highest BCUT2D eigenvalue weighted by Crippen LogP contribution is 2.20. The molecule has 0 spiro atoms. The highest BCUT2D eigenvalue weighted by molar-refractivity contribution is 5.86. The summed E-state index contributed by atoms with van der Waals surface area (Å²) < 4.78 is 8.29. The first-order valence-corrected chi connectivity index (χ1v) is 11.2. The summed E-state index contributed by atoms with van der Waals surface area (Å²) >= 11 is 0. The van der Waals surface area contributed by atoms with Gasteiger partial charge in [-0.1, -0.05) is 51.1 Å². The van der Waals surface area contributed by atoms with Gasteiger partial charge < -0.3 is 14.6 Å². The lowest BCUT2D eigenvalue weighted by atomic mass is 10.0. The second-order valence-electron chi connectivity index (χ2n) is 8.05. The molecule has 0 aliphatic heterocycles. The molecule has 1 amide bonds. The third-order valence-corrected chi connectivity index (χ3v) is 5.43. The fourth-order valence-electron chi connectivity index (χ4n) is 3.64. The smallest absolute Gasteiger partial charge is 0.243 e. The zero-order chi connectivity index (χ0) is 22.1. The molecule has 0 saturated heterocycles. The van der Waals surface area contributed by atoms with E-state index in [-0.39, 0.29) is 5.91 Å². The minimum atomic E-state index is -0.111. The topological polar surface area (TPSA) is 56.2 Å². The Balaban J connectivity index is 1.56. The lowest BCUT2D eigenvalue weighted by molar-refractivity contribution is -0.116. The maximum Gasteiger partial charge on any atom is 0.243 e. The summed E-state index contributed by atoms with van der Waals surface area (Å²) in [4.78, 5) is 16.1. The molecule has 2 aromatic carbocycles. The number of nitrogens with zero attached hydrogens (tertiary/aromatic N) is 2. The van der Waals surface area contributed by atoms with Gasteiger partial charge in [0.05, 0.1) is 17.6 Å². The van der Waals surface area contributed by atoms with E-state index in [0.717, 1.165) is 54.8 Å². The van der Waals surface area contributed by atoms with E-state index in [4.69, 9.17) is 9.72 Å². The molecule has 0 saturated carbocycles. The van der Waals surface area contributed by atoms with Crippen LogP contribution in [0, 0.1) is 0 Å². The maximum absolute atomic E-state index is 11.2. The number of carbonyl (C=O) groups is 1. The van der Waals surface area contributed by atoms with Gasteiger partial charge in [0, 0.05) is 13.0 Å².